The molecule has 0 aromatic heterocycles. The Bertz CT molecular complexity index is 445. The average molecular weight is 251 g/mol. The molecule has 0 unspecified atom stereocenters. The number of hydrogen-bond acceptors (Lipinski definition) is 4. The van der Waals surface area contributed by atoms with Crippen molar-refractivity contribution in [3.63, 3.8) is 0 Å². The van der Waals surface area contributed by atoms with Gasteiger partial charge in [-0.3, -0.25) is 10.1 Å². The van der Waals surface area contributed by atoms with Crippen LogP contribution in [0.5, 0.6) is 11.5 Å². The third kappa shape index (κ3) is 2.77. The number of ether oxygens (including phenoxy) is 1. The second-order valence-corrected chi connectivity index (χ2v) is 3.03. The van der Waals surface area contributed by atoms with Crippen molar-refractivity contribution in [3.8, 4) is 11.5 Å². The van der Waals surface area contributed by atoms with Gasteiger partial charge < -0.3 is 9.84 Å². The molecule has 0 saturated heterocycles. The van der Waals surface area contributed by atoms with Crippen LogP contribution in [0.1, 0.15) is 12.5 Å². The summed E-state index contributed by atoms with van der Waals surface area (Å²) in [4.78, 5) is 9.36. The third-order valence-corrected chi connectivity index (χ3v) is 1.86. The monoisotopic (exact) mass is 251 g/mol. The van der Waals surface area contributed by atoms with E-state index < -0.39 is 33.8 Å². The molecule has 0 aliphatic heterocycles. The van der Waals surface area contributed by atoms with Crippen LogP contribution in [0.2, 0.25) is 0 Å². The van der Waals surface area contributed by atoms with Gasteiger partial charge in [0.25, 0.3) is 5.69 Å². The number of phenolic OH excluding ortho intramolecular Hbond substituents is 1. The second-order valence-electron chi connectivity index (χ2n) is 3.03. The molecule has 94 valence electrons. The summed E-state index contributed by atoms with van der Waals surface area (Å²) < 4.78 is 42.4. The van der Waals surface area contributed by atoms with E-state index in [0.717, 1.165) is 0 Å². The van der Waals surface area contributed by atoms with Gasteiger partial charge in [-0.1, -0.05) is 0 Å². The van der Waals surface area contributed by atoms with E-state index in [0.29, 0.717) is 12.1 Å². The number of non-ortho nitro benzene ring substituents is 1. The van der Waals surface area contributed by atoms with Crippen LogP contribution in [0.25, 0.3) is 0 Å². The number of phenols is 1. The van der Waals surface area contributed by atoms with Crippen LogP contribution in [0.15, 0.2) is 12.1 Å². The number of aromatic hydroxyl groups is 1. The molecule has 1 aromatic rings. The Hall–Kier alpha value is -1.99. The lowest BCUT2D eigenvalue weighted by molar-refractivity contribution is -0.385. The van der Waals surface area contributed by atoms with Gasteiger partial charge >= 0.3 is 6.18 Å². The maximum Gasteiger partial charge on any atom is 0.420 e. The number of nitro benzene ring substituents is 1. The zero-order chi connectivity index (χ0) is 13.2. The largest absolute Gasteiger partial charge is 0.504 e. The molecule has 0 aliphatic carbocycles. The molecule has 0 fully saturated rings. The van der Waals surface area contributed by atoms with Gasteiger partial charge in [0.1, 0.15) is 5.56 Å². The van der Waals surface area contributed by atoms with Gasteiger partial charge in [0.15, 0.2) is 11.5 Å². The molecule has 1 rings (SSSR count). The first-order valence-corrected chi connectivity index (χ1v) is 4.48. The smallest absolute Gasteiger partial charge is 0.420 e. The van der Waals surface area contributed by atoms with Crippen molar-refractivity contribution in [2.75, 3.05) is 6.61 Å². The zero-order valence-corrected chi connectivity index (χ0v) is 8.61. The number of nitrogens with zero attached hydrogens (tertiary/aromatic N) is 1. The van der Waals surface area contributed by atoms with Gasteiger partial charge in [0.2, 0.25) is 0 Å². The summed E-state index contributed by atoms with van der Waals surface area (Å²) in [6, 6.07) is 0.935. The Kier molecular flexibility index (Phi) is 3.45. The molecule has 0 heterocycles. The molecule has 0 bridgehead atoms. The van der Waals surface area contributed by atoms with Crippen molar-refractivity contribution in [2.24, 2.45) is 0 Å². The summed E-state index contributed by atoms with van der Waals surface area (Å²) in [5.41, 5.74) is -2.22. The number of rotatable bonds is 3. The second kappa shape index (κ2) is 4.48. The molecule has 0 spiro atoms. The lowest BCUT2D eigenvalue weighted by atomic mass is 10.1. The maximum atomic E-state index is 12.6. The molecule has 8 heteroatoms. The predicted molar refractivity (Wildman–Crippen MR) is 50.9 cm³/mol. The molecule has 0 aliphatic rings. The van der Waals surface area contributed by atoms with Gasteiger partial charge in [-0.05, 0) is 6.92 Å². The fourth-order valence-corrected chi connectivity index (χ4v) is 1.21. The molecule has 5 nitrogen and oxygen atoms in total. The van der Waals surface area contributed by atoms with Crippen molar-refractivity contribution in [3.05, 3.63) is 27.8 Å². The number of alkyl halides is 3. The van der Waals surface area contributed by atoms with Gasteiger partial charge in [0.05, 0.1) is 17.6 Å². The standard InChI is InChI=1S/C9H8F3NO4/c1-2-17-8-6(9(10,11)12)3-5(13(15)16)4-7(8)14/h3-4,14H,2H2,1H3. The van der Waals surface area contributed by atoms with E-state index >= 15 is 0 Å². The summed E-state index contributed by atoms with van der Waals surface area (Å²) in [5, 5.41) is 19.7. The van der Waals surface area contributed by atoms with Crippen LogP contribution in [0.3, 0.4) is 0 Å². The summed E-state index contributed by atoms with van der Waals surface area (Å²) >= 11 is 0. The third-order valence-electron chi connectivity index (χ3n) is 1.86. The first-order valence-electron chi connectivity index (χ1n) is 4.48. The fourth-order valence-electron chi connectivity index (χ4n) is 1.21. The molecule has 0 saturated carbocycles. The quantitative estimate of drug-likeness (QED) is 0.662. The molecular weight excluding hydrogens is 243 g/mol. The van der Waals surface area contributed by atoms with Crippen LogP contribution < -0.4 is 4.74 Å². The van der Waals surface area contributed by atoms with E-state index in [9.17, 15) is 28.4 Å². The van der Waals surface area contributed by atoms with Crippen molar-refractivity contribution in [1.29, 1.82) is 0 Å². The summed E-state index contributed by atoms with van der Waals surface area (Å²) in [7, 11) is 0. The molecule has 0 radical (unpaired) electrons. The zero-order valence-electron chi connectivity index (χ0n) is 8.61. The minimum absolute atomic E-state index is 0.103. The lowest BCUT2D eigenvalue weighted by Gasteiger charge is -2.13. The Morgan fingerprint density at radius 3 is 2.47 bits per heavy atom. The minimum Gasteiger partial charge on any atom is -0.504 e. The Balaban J connectivity index is 3.45. The number of nitro groups is 1. The highest BCUT2D eigenvalue weighted by Gasteiger charge is 2.37. The first-order chi connectivity index (χ1) is 7.77. The lowest BCUT2D eigenvalue weighted by Crippen LogP contribution is -2.09. The molecule has 1 N–H and O–H groups in total. The van der Waals surface area contributed by atoms with Gasteiger partial charge in [-0.15, -0.1) is 0 Å². The maximum absolute atomic E-state index is 12.6. The van der Waals surface area contributed by atoms with E-state index in [-0.39, 0.29) is 6.61 Å². The highest BCUT2D eigenvalue weighted by Crippen LogP contribution is 2.43. The van der Waals surface area contributed by atoms with Gasteiger partial charge in [-0.25, -0.2) is 0 Å². The van der Waals surface area contributed by atoms with Crippen molar-refractivity contribution in [2.45, 2.75) is 13.1 Å². The fraction of sp³-hybridized carbons (Fsp3) is 0.333. The average Bonchev–Trinajstić information content (AvgIpc) is 2.18. The van der Waals surface area contributed by atoms with Crippen LogP contribution >= 0.6 is 0 Å². The SMILES string of the molecule is CCOc1c(O)cc([N+](=O)[O-])cc1C(F)(F)F. The Labute approximate surface area is 93.6 Å². The van der Waals surface area contributed by atoms with Crippen molar-refractivity contribution >= 4 is 5.69 Å². The molecule has 17 heavy (non-hydrogen) atoms. The summed E-state index contributed by atoms with van der Waals surface area (Å²) in [6.45, 7) is 1.33. The molecule has 0 atom stereocenters. The van der Waals surface area contributed by atoms with Gasteiger partial charge in [0, 0.05) is 6.07 Å². The van der Waals surface area contributed by atoms with Crippen LogP contribution in [-0.4, -0.2) is 16.6 Å². The minimum atomic E-state index is -4.84. The van der Waals surface area contributed by atoms with E-state index in [1.807, 2.05) is 0 Å². The summed E-state index contributed by atoms with van der Waals surface area (Å²) in [5.74, 6) is -1.71. The highest BCUT2D eigenvalue weighted by molar-refractivity contribution is 5.54. The summed E-state index contributed by atoms with van der Waals surface area (Å²) in [6.07, 6.45) is -4.84. The number of halogens is 3. The first kappa shape index (κ1) is 13.1. The topological polar surface area (TPSA) is 72.6 Å². The van der Waals surface area contributed by atoms with Crippen LogP contribution in [0.4, 0.5) is 18.9 Å². The normalized spacial score (nSPS) is 11.3. The van der Waals surface area contributed by atoms with E-state index in [2.05, 4.69) is 4.74 Å². The van der Waals surface area contributed by atoms with Gasteiger partial charge in [-0.2, -0.15) is 13.2 Å². The van der Waals surface area contributed by atoms with E-state index in [4.69, 9.17) is 0 Å². The van der Waals surface area contributed by atoms with Crippen molar-refractivity contribution in [1.82, 2.24) is 0 Å². The molecule has 1 aromatic carbocycles. The highest BCUT2D eigenvalue weighted by atomic mass is 19.4. The molecule has 0 amide bonds. The molecular formula is C9H8F3NO4. The van der Waals surface area contributed by atoms with Crippen LogP contribution in [0, 0.1) is 10.1 Å². The van der Waals surface area contributed by atoms with Crippen LogP contribution in [-0.2, 0) is 6.18 Å². The van der Waals surface area contributed by atoms with Crippen molar-refractivity contribution < 1.29 is 27.9 Å². The van der Waals surface area contributed by atoms with E-state index in [1.54, 1.807) is 0 Å². The Morgan fingerprint density at radius 2 is 2.06 bits per heavy atom. The number of benzene rings is 1. The Morgan fingerprint density at radius 1 is 1.47 bits per heavy atom. The number of hydrogen-bond donors (Lipinski definition) is 1. The predicted octanol–water partition coefficient (Wildman–Crippen LogP) is 2.72. The van der Waals surface area contributed by atoms with E-state index in [1.165, 1.54) is 6.92 Å².